The minimum atomic E-state index is 0.443. The van der Waals surface area contributed by atoms with Crippen LogP contribution in [0.5, 0.6) is 0 Å². The summed E-state index contributed by atoms with van der Waals surface area (Å²) in [5.74, 6) is 1.02. The summed E-state index contributed by atoms with van der Waals surface area (Å²) in [7, 11) is 0. The van der Waals surface area contributed by atoms with Crippen molar-refractivity contribution in [2.75, 3.05) is 0 Å². The molecule has 0 aliphatic heterocycles. The van der Waals surface area contributed by atoms with Gasteiger partial charge in [-0.3, -0.25) is 0 Å². The zero-order valence-electron chi connectivity index (χ0n) is 10.9. The second-order valence-corrected chi connectivity index (χ2v) is 5.77. The summed E-state index contributed by atoms with van der Waals surface area (Å²) in [6.45, 7) is 2.82. The summed E-state index contributed by atoms with van der Waals surface area (Å²) in [5, 5.41) is 5.37. The lowest BCUT2D eigenvalue weighted by Crippen LogP contribution is -2.03. The molecule has 1 aliphatic rings. The number of aryl methyl sites for hydroxylation is 1. The Labute approximate surface area is 123 Å². The standard InChI is InChI=1S/C15H16Cl2N2/c1-10-4-2-3-5-12(10)9-19-15(17)13(8-16)14(18-19)11-6-7-11/h2-5,11H,6-9H2,1H3. The van der Waals surface area contributed by atoms with E-state index >= 15 is 0 Å². The fraction of sp³-hybridized carbons (Fsp3) is 0.400. The summed E-state index contributed by atoms with van der Waals surface area (Å²) < 4.78 is 1.88. The van der Waals surface area contributed by atoms with Gasteiger partial charge in [0.15, 0.2) is 0 Å². The number of hydrogen-bond donors (Lipinski definition) is 0. The van der Waals surface area contributed by atoms with E-state index in [0.29, 0.717) is 23.5 Å². The Morgan fingerprint density at radius 3 is 2.68 bits per heavy atom. The van der Waals surface area contributed by atoms with Gasteiger partial charge in [0.25, 0.3) is 0 Å². The van der Waals surface area contributed by atoms with Crippen LogP contribution in [0.25, 0.3) is 0 Å². The number of nitrogens with zero attached hydrogens (tertiary/aromatic N) is 2. The van der Waals surface area contributed by atoms with Gasteiger partial charge in [-0.2, -0.15) is 5.10 Å². The van der Waals surface area contributed by atoms with E-state index in [-0.39, 0.29) is 0 Å². The van der Waals surface area contributed by atoms with Crippen molar-refractivity contribution in [2.24, 2.45) is 0 Å². The summed E-state index contributed by atoms with van der Waals surface area (Å²) in [4.78, 5) is 0. The summed E-state index contributed by atoms with van der Waals surface area (Å²) in [5.41, 5.74) is 4.62. The van der Waals surface area contributed by atoms with E-state index in [4.69, 9.17) is 23.2 Å². The van der Waals surface area contributed by atoms with Crippen LogP contribution in [0, 0.1) is 6.92 Å². The van der Waals surface area contributed by atoms with Gasteiger partial charge in [-0.25, -0.2) is 4.68 Å². The van der Waals surface area contributed by atoms with Crippen LogP contribution in [0.4, 0.5) is 0 Å². The molecule has 4 heteroatoms. The van der Waals surface area contributed by atoms with Crippen molar-refractivity contribution >= 4 is 23.2 Å². The largest absolute Gasteiger partial charge is 0.249 e. The molecule has 0 radical (unpaired) electrons. The zero-order chi connectivity index (χ0) is 13.4. The molecule has 1 aliphatic carbocycles. The minimum Gasteiger partial charge on any atom is -0.249 e. The minimum absolute atomic E-state index is 0.443. The molecule has 0 unspecified atom stereocenters. The Bertz CT molecular complexity index is 600. The van der Waals surface area contributed by atoms with Crippen LogP contribution in [0.15, 0.2) is 24.3 Å². The molecule has 2 nitrogen and oxygen atoms in total. The summed E-state index contributed by atoms with van der Waals surface area (Å²) >= 11 is 12.4. The number of halogens is 2. The molecule has 0 amide bonds. The molecule has 3 rings (SSSR count). The van der Waals surface area contributed by atoms with Crippen LogP contribution in [0.3, 0.4) is 0 Å². The number of aromatic nitrogens is 2. The van der Waals surface area contributed by atoms with Crippen molar-refractivity contribution < 1.29 is 0 Å². The molecule has 1 saturated carbocycles. The monoisotopic (exact) mass is 294 g/mol. The van der Waals surface area contributed by atoms with E-state index < -0.39 is 0 Å². The molecule has 0 saturated heterocycles. The fourth-order valence-corrected chi connectivity index (χ4v) is 2.95. The highest BCUT2D eigenvalue weighted by atomic mass is 35.5. The molecule has 100 valence electrons. The van der Waals surface area contributed by atoms with Gasteiger partial charge in [-0.15, -0.1) is 11.6 Å². The normalized spacial score (nSPS) is 14.9. The Kier molecular flexibility index (Phi) is 3.55. The van der Waals surface area contributed by atoms with Gasteiger partial charge in [0.1, 0.15) is 5.15 Å². The van der Waals surface area contributed by atoms with Gasteiger partial charge in [0.2, 0.25) is 0 Å². The highest BCUT2D eigenvalue weighted by Gasteiger charge is 2.31. The van der Waals surface area contributed by atoms with Gasteiger partial charge in [-0.05, 0) is 30.9 Å². The fourth-order valence-electron chi connectivity index (χ4n) is 2.36. The molecular formula is C15H16Cl2N2. The molecule has 1 aromatic carbocycles. The third-order valence-electron chi connectivity index (χ3n) is 3.69. The number of rotatable bonds is 4. The summed E-state index contributed by atoms with van der Waals surface area (Å²) in [6.07, 6.45) is 2.42. The van der Waals surface area contributed by atoms with Crippen LogP contribution >= 0.6 is 23.2 Å². The highest BCUT2D eigenvalue weighted by molar-refractivity contribution is 6.31. The van der Waals surface area contributed by atoms with E-state index in [0.717, 1.165) is 11.3 Å². The lowest BCUT2D eigenvalue weighted by atomic mass is 10.1. The van der Waals surface area contributed by atoms with Crippen molar-refractivity contribution in [1.82, 2.24) is 9.78 Å². The number of benzene rings is 1. The highest BCUT2D eigenvalue weighted by Crippen LogP contribution is 2.43. The first-order valence-electron chi connectivity index (χ1n) is 6.56. The van der Waals surface area contributed by atoms with Gasteiger partial charge in [-0.1, -0.05) is 35.9 Å². The van der Waals surface area contributed by atoms with Gasteiger partial charge in [0, 0.05) is 11.5 Å². The van der Waals surface area contributed by atoms with Crippen LogP contribution in [0.1, 0.15) is 41.1 Å². The van der Waals surface area contributed by atoms with E-state index in [1.54, 1.807) is 0 Å². The van der Waals surface area contributed by atoms with Crippen LogP contribution in [0.2, 0.25) is 5.15 Å². The molecule has 0 bridgehead atoms. The zero-order valence-corrected chi connectivity index (χ0v) is 12.4. The predicted octanol–water partition coefficient (Wildman–Crippen LogP) is 4.51. The van der Waals surface area contributed by atoms with Crippen molar-refractivity contribution in [3.05, 3.63) is 51.8 Å². The maximum atomic E-state index is 6.42. The Balaban J connectivity index is 1.95. The molecule has 2 aromatic rings. The Morgan fingerprint density at radius 2 is 2.05 bits per heavy atom. The van der Waals surface area contributed by atoms with Gasteiger partial charge < -0.3 is 0 Å². The maximum absolute atomic E-state index is 6.42. The number of hydrogen-bond acceptors (Lipinski definition) is 1. The molecule has 1 fully saturated rings. The van der Waals surface area contributed by atoms with E-state index in [2.05, 4.69) is 24.2 Å². The topological polar surface area (TPSA) is 17.8 Å². The smallest absolute Gasteiger partial charge is 0.132 e. The predicted molar refractivity (Wildman–Crippen MR) is 79.1 cm³/mol. The lowest BCUT2D eigenvalue weighted by Gasteiger charge is -2.06. The number of alkyl halides is 1. The average Bonchev–Trinajstić information content (AvgIpc) is 3.19. The van der Waals surface area contributed by atoms with Crippen molar-refractivity contribution in [1.29, 1.82) is 0 Å². The van der Waals surface area contributed by atoms with Crippen molar-refractivity contribution in [3.8, 4) is 0 Å². The SMILES string of the molecule is Cc1ccccc1Cn1nc(C2CC2)c(CCl)c1Cl. The van der Waals surface area contributed by atoms with Crippen molar-refractivity contribution in [3.63, 3.8) is 0 Å². The van der Waals surface area contributed by atoms with Crippen LogP contribution in [-0.2, 0) is 12.4 Å². The second kappa shape index (κ2) is 5.18. The van der Waals surface area contributed by atoms with E-state index in [1.165, 1.54) is 24.0 Å². The molecule has 1 heterocycles. The maximum Gasteiger partial charge on any atom is 0.132 e. The molecule has 19 heavy (non-hydrogen) atoms. The van der Waals surface area contributed by atoms with E-state index in [1.807, 2.05) is 16.8 Å². The molecule has 0 spiro atoms. The lowest BCUT2D eigenvalue weighted by molar-refractivity contribution is 0.670. The second-order valence-electron chi connectivity index (χ2n) is 5.15. The third kappa shape index (κ3) is 2.52. The molecule has 0 atom stereocenters. The first-order valence-corrected chi connectivity index (χ1v) is 7.47. The summed E-state index contributed by atoms with van der Waals surface area (Å²) in [6, 6.07) is 8.31. The Morgan fingerprint density at radius 1 is 1.32 bits per heavy atom. The molecule has 1 aromatic heterocycles. The first kappa shape index (κ1) is 13.0. The first-order chi connectivity index (χ1) is 9.20. The third-order valence-corrected chi connectivity index (χ3v) is 4.38. The van der Waals surface area contributed by atoms with Gasteiger partial charge >= 0.3 is 0 Å². The van der Waals surface area contributed by atoms with Gasteiger partial charge in [0.05, 0.1) is 18.1 Å². The Hall–Kier alpha value is -0.990. The quantitative estimate of drug-likeness (QED) is 0.759. The van der Waals surface area contributed by atoms with Crippen LogP contribution in [-0.4, -0.2) is 9.78 Å². The molecule has 0 N–H and O–H groups in total. The van der Waals surface area contributed by atoms with Crippen molar-refractivity contribution in [2.45, 2.75) is 38.1 Å². The molecular weight excluding hydrogens is 279 g/mol. The van der Waals surface area contributed by atoms with E-state index in [9.17, 15) is 0 Å². The average molecular weight is 295 g/mol. The van der Waals surface area contributed by atoms with Crippen LogP contribution < -0.4 is 0 Å².